The molecule has 2 aromatic heterocycles. The van der Waals surface area contributed by atoms with Crippen molar-refractivity contribution in [3.63, 3.8) is 0 Å². The molecule has 0 radical (unpaired) electrons. The van der Waals surface area contributed by atoms with Crippen molar-refractivity contribution in [1.82, 2.24) is 14.6 Å². The Morgan fingerprint density at radius 3 is 2.65 bits per heavy atom. The summed E-state index contributed by atoms with van der Waals surface area (Å²) in [6.07, 6.45) is 1.82. The Kier molecular flexibility index (Phi) is 3.82. The molecule has 0 N–H and O–H groups in total. The first-order valence-electron chi connectivity index (χ1n) is 8.13. The van der Waals surface area contributed by atoms with Gasteiger partial charge in [-0.05, 0) is 19.1 Å². The number of fused-ring (bicyclic) bond motifs is 1. The molecule has 8 heteroatoms. The van der Waals surface area contributed by atoms with Crippen LogP contribution in [0, 0.1) is 18.6 Å². The largest absolute Gasteiger partial charge is 0.497 e. The molecule has 1 aliphatic heterocycles. The summed E-state index contributed by atoms with van der Waals surface area (Å²) < 4.78 is 35.4. The Morgan fingerprint density at radius 2 is 1.96 bits per heavy atom. The zero-order valence-electron chi connectivity index (χ0n) is 14.2. The second-order valence-corrected chi connectivity index (χ2v) is 6.24. The molecular formula is C18H16F2N4O2. The van der Waals surface area contributed by atoms with Gasteiger partial charge in [-0.25, -0.2) is 8.78 Å². The first-order chi connectivity index (χ1) is 12.5. The molecule has 1 fully saturated rings. The molecule has 0 saturated carbocycles. The summed E-state index contributed by atoms with van der Waals surface area (Å²) in [5, 5.41) is 8.13. The molecule has 134 valence electrons. The van der Waals surface area contributed by atoms with E-state index in [9.17, 15) is 13.6 Å². The third kappa shape index (κ3) is 2.49. The second-order valence-electron chi connectivity index (χ2n) is 6.24. The quantitative estimate of drug-likeness (QED) is 0.722. The van der Waals surface area contributed by atoms with Gasteiger partial charge in [0.05, 0.1) is 12.8 Å². The van der Waals surface area contributed by atoms with Crippen LogP contribution in [0.5, 0.6) is 5.75 Å². The number of ether oxygens (including phenoxy) is 1. The molecule has 4 rings (SSSR count). The van der Waals surface area contributed by atoms with Crippen molar-refractivity contribution < 1.29 is 18.3 Å². The summed E-state index contributed by atoms with van der Waals surface area (Å²) in [7, 11) is 1.34. The number of aromatic nitrogens is 3. The number of rotatable bonds is 3. The van der Waals surface area contributed by atoms with Crippen LogP contribution in [0.3, 0.4) is 0 Å². The highest BCUT2D eigenvalue weighted by Gasteiger charge is 2.36. The first kappa shape index (κ1) is 16.4. The maximum absolute atomic E-state index is 14.4. The van der Waals surface area contributed by atoms with Crippen molar-refractivity contribution in [2.45, 2.75) is 19.3 Å². The first-order valence-corrected chi connectivity index (χ1v) is 8.13. The minimum absolute atomic E-state index is 0.0222. The molecule has 1 aromatic carbocycles. The van der Waals surface area contributed by atoms with Crippen LogP contribution in [-0.2, 0) is 4.79 Å². The average Bonchev–Trinajstić information content (AvgIpc) is 3.17. The van der Waals surface area contributed by atoms with Gasteiger partial charge in [0.1, 0.15) is 23.2 Å². The molecule has 3 aromatic rings. The zero-order chi connectivity index (χ0) is 18.4. The Morgan fingerprint density at radius 1 is 1.23 bits per heavy atom. The van der Waals surface area contributed by atoms with Crippen molar-refractivity contribution in [1.29, 1.82) is 0 Å². The normalized spacial score (nSPS) is 17.3. The highest BCUT2D eigenvalue weighted by atomic mass is 19.1. The van der Waals surface area contributed by atoms with Gasteiger partial charge < -0.3 is 9.64 Å². The maximum Gasteiger partial charge on any atom is 0.227 e. The Balaban J connectivity index is 1.72. The summed E-state index contributed by atoms with van der Waals surface area (Å²) in [5.41, 5.74) is 1.02. The fraction of sp³-hybridized carbons (Fsp3) is 0.278. The lowest BCUT2D eigenvalue weighted by Gasteiger charge is -2.18. The van der Waals surface area contributed by atoms with Crippen molar-refractivity contribution in [2.75, 3.05) is 18.6 Å². The number of halogens is 2. The van der Waals surface area contributed by atoms with E-state index in [0.29, 0.717) is 17.2 Å². The fourth-order valence-electron chi connectivity index (χ4n) is 3.43. The molecule has 1 atom stereocenters. The van der Waals surface area contributed by atoms with Crippen LogP contribution < -0.4 is 9.64 Å². The number of nitrogens with zero attached hydrogens (tertiary/aromatic N) is 4. The average molecular weight is 358 g/mol. The van der Waals surface area contributed by atoms with Crippen molar-refractivity contribution in [3.05, 3.63) is 53.5 Å². The number of methoxy groups -OCH3 is 1. The van der Waals surface area contributed by atoms with E-state index in [1.54, 1.807) is 29.7 Å². The summed E-state index contributed by atoms with van der Waals surface area (Å²) in [5.74, 6) is -1.42. The Bertz CT molecular complexity index is 995. The van der Waals surface area contributed by atoms with Crippen LogP contribution in [-0.4, -0.2) is 34.2 Å². The van der Waals surface area contributed by atoms with Gasteiger partial charge in [-0.15, -0.1) is 10.2 Å². The van der Waals surface area contributed by atoms with Crippen LogP contribution in [0.2, 0.25) is 0 Å². The van der Waals surface area contributed by atoms with Crippen LogP contribution in [0.25, 0.3) is 5.65 Å². The Labute approximate surface area is 148 Å². The SMILES string of the molecule is COc1cc(F)c(C2CC(=O)N(c3cccn4c(C)nnc34)C2)c(F)c1. The van der Waals surface area contributed by atoms with E-state index in [1.807, 2.05) is 0 Å². The van der Waals surface area contributed by atoms with Gasteiger partial charge in [0.15, 0.2) is 5.65 Å². The highest BCUT2D eigenvalue weighted by Crippen LogP contribution is 2.36. The number of hydrogen-bond acceptors (Lipinski definition) is 4. The molecule has 0 bridgehead atoms. The van der Waals surface area contributed by atoms with E-state index in [0.717, 1.165) is 12.1 Å². The molecule has 0 aliphatic carbocycles. The fourth-order valence-corrected chi connectivity index (χ4v) is 3.43. The molecular weight excluding hydrogens is 342 g/mol. The van der Waals surface area contributed by atoms with E-state index in [4.69, 9.17) is 4.74 Å². The lowest BCUT2D eigenvalue weighted by molar-refractivity contribution is -0.117. The molecule has 1 unspecified atom stereocenters. The molecule has 26 heavy (non-hydrogen) atoms. The summed E-state index contributed by atoms with van der Waals surface area (Å²) in [6.45, 7) is 1.98. The summed E-state index contributed by atoms with van der Waals surface area (Å²) >= 11 is 0. The van der Waals surface area contributed by atoms with Crippen LogP contribution >= 0.6 is 0 Å². The lowest BCUT2D eigenvalue weighted by atomic mass is 9.97. The highest BCUT2D eigenvalue weighted by molar-refractivity contribution is 5.99. The standard InChI is InChI=1S/C18H16F2N4O2/c1-10-21-22-18-15(4-3-5-23(10)18)24-9-11(6-16(24)25)17-13(19)7-12(26-2)8-14(17)20/h3-5,7-8,11H,6,9H2,1-2H3. The lowest BCUT2D eigenvalue weighted by Crippen LogP contribution is -2.25. The minimum atomic E-state index is -0.710. The van der Waals surface area contributed by atoms with E-state index >= 15 is 0 Å². The van der Waals surface area contributed by atoms with Crippen LogP contribution in [0.1, 0.15) is 23.7 Å². The number of aryl methyl sites for hydroxylation is 1. The third-order valence-electron chi connectivity index (χ3n) is 4.70. The van der Waals surface area contributed by atoms with E-state index < -0.39 is 17.6 Å². The van der Waals surface area contributed by atoms with Crippen LogP contribution in [0.15, 0.2) is 30.5 Å². The summed E-state index contributed by atoms with van der Waals surface area (Å²) in [4.78, 5) is 14.1. The Hall–Kier alpha value is -3.03. The second kappa shape index (κ2) is 6.05. The number of hydrogen-bond donors (Lipinski definition) is 0. The van der Waals surface area contributed by atoms with Gasteiger partial charge >= 0.3 is 0 Å². The van der Waals surface area contributed by atoms with E-state index in [1.165, 1.54) is 12.0 Å². The van der Waals surface area contributed by atoms with Gasteiger partial charge in [0, 0.05) is 42.8 Å². The van der Waals surface area contributed by atoms with Gasteiger partial charge in [-0.2, -0.15) is 0 Å². The molecule has 1 aliphatic rings. The van der Waals surface area contributed by atoms with E-state index in [-0.39, 0.29) is 30.2 Å². The van der Waals surface area contributed by atoms with Gasteiger partial charge in [-0.1, -0.05) is 0 Å². The topological polar surface area (TPSA) is 59.7 Å². The van der Waals surface area contributed by atoms with Crippen molar-refractivity contribution in [2.24, 2.45) is 0 Å². The number of carbonyl (C=O) groups is 1. The molecule has 6 nitrogen and oxygen atoms in total. The monoisotopic (exact) mass is 358 g/mol. The predicted octanol–water partition coefficient (Wildman–Crippen LogP) is 2.85. The summed E-state index contributed by atoms with van der Waals surface area (Å²) in [6, 6.07) is 5.81. The smallest absolute Gasteiger partial charge is 0.227 e. The predicted molar refractivity (Wildman–Crippen MR) is 90.3 cm³/mol. The molecule has 3 heterocycles. The third-order valence-corrected chi connectivity index (χ3v) is 4.70. The van der Waals surface area contributed by atoms with Crippen molar-refractivity contribution in [3.8, 4) is 5.75 Å². The minimum Gasteiger partial charge on any atom is -0.497 e. The number of carbonyl (C=O) groups excluding carboxylic acids is 1. The zero-order valence-corrected chi connectivity index (χ0v) is 14.2. The maximum atomic E-state index is 14.4. The van der Waals surface area contributed by atoms with Gasteiger partial charge in [0.25, 0.3) is 0 Å². The van der Waals surface area contributed by atoms with Gasteiger partial charge in [-0.3, -0.25) is 9.20 Å². The molecule has 1 amide bonds. The molecule has 0 spiro atoms. The number of amides is 1. The molecule has 1 saturated heterocycles. The number of benzene rings is 1. The van der Waals surface area contributed by atoms with E-state index in [2.05, 4.69) is 10.2 Å². The van der Waals surface area contributed by atoms with Crippen molar-refractivity contribution >= 4 is 17.2 Å². The number of pyridine rings is 1. The van der Waals surface area contributed by atoms with Crippen LogP contribution in [0.4, 0.5) is 14.5 Å². The number of anilines is 1. The van der Waals surface area contributed by atoms with Gasteiger partial charge in [0.2, 0.25) is 5.91 Å².